The summed E-state index contributed by atoms with van der Waals surface area (Å²) in [5.41, 5.74) is 2.20. The summed E-state index contributed by atoms with van der Waals surface area (Å²) in [5, 5.41) is 6.98. The number of hydrogen-bond acceptors (Lipinski definition) is 4. The van der Waals surface area contributed by atoms with Gasteiger partial charge in [0, 0.05) is 35.8 Å². The number of sulfone groups is 1. The van der Waals surface area contributed by atoms with Crippen LogP contribution in [0.1, 0.15) is 13.3 Å². The molecule has 18 heavy (non-hydrogen) atoms. The Labute approximate surface area is 106 Å². The third-order valence-electron chi connectivity index (χ3n) is 2.49. The highest BCUT2D eigenvalue weighted by Crippen LogP contribution is 2.21. The lowest BCUT2D eigenvalue weighted by Gasteiger charge is -2.07. The van der Waals surface area contributed by atoms with Crippen LogP contribution in [0.15, 0.2) is 35.4 Å². The maximum absolute atomic E-state index is 11.2. The minimum absolute atomic E-state index is 0.125. The van der Waals surface area contributed by atoms with E-state index in [2.05, 4.69) is 10.6 Å². The highest BCUT2D eigenvalue weighted by atomic mass is 32.2. The number of rotatable bonds is 3. The van der Waals surface area contributed by atoms with Crippen LogP contribution in [0.2, 0.25) is 0 Å². The van der Waals surface area contributed by atoms with Crippen molar-refractivity contribution < 1.29 is 13.2 Å². The van der Waals surface area contributed by atoms with E-state index in [4.69, 9.17) is 0 Å². The summed E-state index contributed by atoms with van der Waals surface area (Å²) in [4.78, 5) is 10.8. The number of carbonyl (C=O) groups is 1. The van der Waals surface area contributed by atoms with Gasteiger partial charge in [-0.25, -0.2) is 8.42 Å². The van der Waals surface area contributed by atoms with Gasteiger partial charge in [0.2, 0.25) is 5.91 Å². The minimum Gasteiger partial charge on any atom is -0.358 e. The second-order valence-corrected chi connectivity index (χ2v) is 6.11. The summed E-state index contributed by atoms with van der Waals surface area (Å²) < 4.78 is 22.5. The molecule has 2 N–H and O–H groups in total. The summed E-state index contributed by atoms with van der Waals surface area (Å²) >= 11 is 0. The second-order valence-electron chi connectivity index (χ2n) is 4.14. The molecule has 1 aliphatic rings. The van der Waals surface area contributed by atoms with E-state index in [0.717, 1.165) is 5.69 Å². The fourth-order valence-electron chi connectivity index (χ4n) is 1.70. The fraction of sp³-hybridized carbons (Fsp3) is 0.250. The summed E-state index contributed by atoms with van der Waals surface area (Å²) in [7, 11) is -3.02. The molecule has 0 saturated carbocycles. The standard InChI is InChI=1S/C12H14N2O3S/c1-9(15)13-10-2-4-11(5-3-10)14-12-6-7-18(16,17)8-12/h2-5,8,14H,6-7H2,1H3,(H,13,15). The molecule has 96 valence electrons. The van der Waals surface area contributed by atoms with E-state index in [1.807, 2.05) is 0 Å². The Kier molecular flexibility index (Phi) is 3.38. The zero-order valence-corrected chi connectivity index (χ0v) is 10.8. The third kappa shape index (κ3) is 3.33. The monoisotopic (exact) mass is 266 g/mol. The number of benzene rings is 1. The maximum atomic E-state index is 11.2. The first kappa shape index (κ1) is 12.6. The average molecular weight is 266 g/mol. The summed E-state index contributed by atoms with van der Waals surface area (Å²) in [6, 6.07) is 7.09. The Morgan fingerprint density at radius 1 is 1.17 bits per heavy atom. The molecule has 0 fully saturated rings. The van der Waals surface area contributed by atoms with Gasteiger partial charge < -0.3 is 10.6 Å². The van der Waals surface area contributed by atoms with Crippen molar-refractivity contribution in [3.05, 3.63) is 35.4 Å². The van der Waals surface area contributed by atoms with E-state index in [9.17, 15) is 13.2 Å². The van der Waals surface area contributed by atoms with Crippen molar-refractivity contribution in [2.75, 3.05) is 16.4 Å². The SMILES string of the molecule is CC(=O)Nc1ccc(NC2=CS(=O)(=O)CC2)cc1. The van der Waals surface area contributed by atoms with Crippen molar-refractivity contribution >= 4 is 27.1 Å². The Bertz CT molecular complexity index is 588. The Balaban J connectivity index is 2.05. The van der Waals surface area contributed by atoms with E-state index in [1.165, 1.54) is 12.3 Å². The molecular weight excluding hydrogens is 252 g/mol. The summed E-state index contributed by atoms with van der Waals surface area (Å²) in [6.45, 7) is 1.44. The molecule has 1 aromatic rings. The topological polar surface area (TPSA) is 75.3 Å². The van der Waals surface area contributed by atoms with Crippen LogP contribution in [-0.4, -0.2) is 20.1 Å². The van der Waals surface area contributed by atoms with Crippen LogP contribution in [0.5, 0.6) is 0 Å². The van der Waals surface area contributed by atoms with Crippen LogP contribution >= 0.6 is 0 Å². The van der Waals surface area contributed by atoms with Crippen molar-refractivity contribution in [3.8, 4) is 0 Å². The zero-order chi connectivity index (χ0) is 13.2. The van der Waals surface area contributed by atoms with Crippen LogP contribution in [0.3, 0.4) is 0 Å². The smallest absolute Gasteiger partial charge is 0.221 e. The van der Waals surface area contributed by atoms with Crippen molar-refractivity contribution in [2.24, 2.45) is 0 Å². The first-order valence-electron chi connectivity index (χ1n) is 5.53. The van der Waals surface area contributed by atoms with Gasteiger partial charge >= 0.3 is 0 Å². The molecule has 0 aliphatic carbocycles. The first-order valence-corrected chi connectivity index (χ1v) is 7.24. The molecule has 6 heteroatoms. The predicted octanol–water partition coefficient (Wildman–Crippen LogP) is 1.72. The third-order valence-corrected chi connectivity index (χ3v) is 3.90. The highest BCUT2D eigenvalue weighted by molar-refractivity contribution is 7.94. The normalized spacial score (nSPS) is 17.1. The van der Waals surface area contributed by atoms with Gasteiger partial charge in [0.15, 0.2) is 9.84 Å². The summed E-state index contributed by atoms with van der Waals surface area (Å²) in [6.07, 6.45) is 0.510. The van der Waals surface area contributed by atoms with E-state index in [0.29, 0.717) is 17.8 Å². The lowest BCUT2D eigenvalue weighted by molar-refractivity contribution is -0.114. The molecule has 0 aromatic heterocycles. The van der Waals surface area contributed by atoms with Gasteiger partial charge in [0.05, 0.1) is 5.75 Å². The number of anilines is 2. The average Bonchev–Trinajstić information content (AvgIpc) is 2.60. The molecule has 1 aliphatic heterocycles. The van der Waals surface area contributed by atoms with E-state index >= 15 is 0 Å². The molecule has 1 amide bonds. The molecule has 5 nitrogen and oxygen atoms in total. The number of carbonyl (C=O) groups excluding carboxylic acids is 1. The van der Waals surface area contributed by atoms with Gasteiger partial charge in [-0.15, -0.1) is 0 Å². The Hall–Kier alpha value is -1.82. The molecule has 1 aromatic carbocycles. The van der Waals surface area contributed by atoms with Crippen LogP contribution in [-0.2, 0) is 14.6 Å². The maximum Gasteiger partial charge on any atom is 0.221 e. The molecular formula is C12H14N2O3S. The van der Waals surface area contributed by atoms with Crippen molar-refractivity contribution in [1.82, 2.24) is 0 Å². The number of nitrogens with one attached hydrogen (secondary N) is 2. The van der Waals surface area contributed by atoms with Crippen LogP contribution in [0.25, 0.3) is 0 Å². The number of allylic oxidation sites excluding steroid dienone is 1. The van der Waals surface area contributed by atoms with Crippen molar-refractivity contribution in [1.29, 1.82) is 0 Å². The quantitative estimate of drug-likeness (QED) is 0.873. The molecule has 0 unspecified atom stereocenters. The Morgan fingerprint density at radius 2 is 1.78 bits per heavy atom. The van der Waals surface area contributed by atoms with Gasteiger partial charge in [0.1, 0.15) is 0 Å². The predicted molar refractivity (Wildman–Crippen MR) is 70.9 cm³/mol. The molecule has 2 rings (SSSR count). The van der Waals surface area contributed by atoms with Crippen molar-refractivity contribution in [3.63, 3.8) is 0 Å². The van der Waals surface area contributed by atoms with Gasteiger partial charge in [0.25, 0.3) is 0 Å². The lowest BCUT2D eigenvalue weighted by atomic mass is 10.2. The Morgan fingerprint density at radius 3 is 2.28 bits per heavy atom. The number of hydrogen-bond donors (Lipinski definition) is 2. The van der Waals surface area contributed by atoms with Gasteiger partial charge in [-0.2, -0.15) is 0 Å². The van der Waals surface area contributed by atoms with Crippen LogP contribution in [0.4, 0.5) is 11.4 Å². The second kappa shape index (κ2) is 4.81. The largest absolute Gasteiger partial charge is 0.358 e. The fourth-order valence-corrected chi connectivity index (χ4v) is 2.94. The van der Waals surface area contributed by atoms with Gasteiger partial charge in [-0.05, 0) is 24.3 Å². The van der Waals surface area contributed by atoms with Gasteiger partial charge in [-0.3, -0.25) is 4.79 Å². The van der Waals surface area contributed by atoms with E-state index < -0.39 is 9.84 Å². The van der Waals surface area contributed by atoms with E-state index in [-0.39, 0.29) is 11.7 Å². The highest BCUT2D eigenvalue weighted by Gasteiger charge is 2.18. The van der Waals surface area contributed by atoms with Crippen molar-refractivity contribution in [2.45, 2.75) is 13.3 Å². The molecule has 0 radical (unpaired) electrons. The molecule has 0 bridgehead atoms. The van der Waals surface area contributed by atoms with Gasteiger partial charge in [-0.1, -0.05) is 0 Å². The molecule has 0 spiro atoms. The van der Waals surface area contributed by atoms with Crippen LogP contribution < -0.4 is 10.6 Å². The number of amides is 1. The molecule has 0 saturated heterocycles. The first-order chi connectivity index (χ1) is 8.44. The minimum atomic E-state index is -3.02. The molecule has 0 atom stereocenters. The van der Waals surface area contributed by atoms with Crippen LogP contribution in [0, 0.1) is 0 Å². The van der Waals surface area contributed by atoms with E-state index in [1.54, 1.807) is 24.3 Å². The lowest BCUT2D eigenvalue weighted by Crippen LogP contribution is -2.05. The zero-order valence-electron chi connectivity index (χ0n) is 9.93. The summed E-state index contributed by atoms with van der Waals surface area (Å²) in [5.74, 6) is 0.0413. The molecule has 1 heterocycles.